The van der Waals surface area contributed by atoms with Crippen molar-refractivity contribution in [1.82, 2.24) is 9.96 Å². The molecule has 0 aliphatic carbocycles. The fraction of sp³-hybridized carbons (Fsp3) is 0.846. The zero-order valence-electron chi connectivity index (χ0n) is 11.2. The molecular weight excluding hydrogens is 248 g/mol. The summed E-state index contributed by atoms with van der Waals surface area (Å²) in [5.74, 6) is -0.523. The number of aliphatic hydroxyl groups is 1. The predicted molar refractivity (Wildman–Crippen MR) is 68.0 cm³/mol. The predicted octanol–water partition coefficient (Wildman–Crippen LogP) is 0.304. The second-order valence-corrected chi connectivity index (χ2v) is 5.16. The zero-order chi connectivity index (χ0) is 13.7. The van der Waals surface area contributed by atoms with Crippen molar-refractivity contribution >= 4 is 11.8 Å². The summed E-state index contributed by atoms with van der Waals surface area (Å²) in [6.45, 7) is 1.69. The molecule has 6 heteroatoms. The average Bonchev–Trinajstić information content (AvgIpc) is 2.75. The number of carbonyl (C=O) groups excluding carboxylic acids is 2. The first-order valence-corrected chi connectivity index (χ1v) is 7.08. The van der Waals surface area contributed by atoms with Crippen LogP contribution in [0.15, 0.2) is 0 Å². The van der Waals surface area contributed by atoms with E-state index < -0.39 is 6.10 Å². The third kappa shape index (κ3) is 3.91. The van der Waals surface area contributed by atoms with E-state index in [1.54, 1.807) is 0 Å². The van der Waals surface area contributed by atoms with Gasteiger partial charge in [-0.3, -0.25) is 14.4 Å². The lowest BCUT2D eigenvalue weighted by Gasteiger charge is -2.25. The van der Waals surface area contributed by atoms with Gasteiger partial charge in [-0.05, 0) is 38.5 Å². The van der Waals surface area contributed by atoms with Crippen molar-refractivity contribution in [1.29, 1.82) is 0 Å². The van der Waals surface area contributed by atoms with Gasteiger partial charge in [0, 0.05) is 13.1 Å². The monoisotopic (exact) mass is 270 g/mol. The van der Waals surface area contributed by atoms with Crippen LogP contribution in [-0.4, -0.2) is 59.2 Å². The summed E-state index contributed by atoms with van der Waals surface area (Å²) in [4.78, 5) is 30.8. The first-order valence-electron chi connectivity index (χ1n) is 7.08. The molecular formula is C13H22N2O4. The third-order valence-corrected chi connectivity index (χ3v) is 3.61. The number of carbonyl (C=O) groups is 2. The summed E-state index contributed by atoms with van der Waals surface area (Å²) < 4.78 is 0. The van der Waals surface area contributed by atoms with E-state index in [0.29, 0.717) is 26.1 Å². The van der Waals surface area contributed by atoms with Gasteiger partial charge in [0.05, 0.1) is 6.61 Å². The highest BCUT2D eigenvalue weighted by atomic mass is 16.7. The molecule has 0 saturated carbocycles. The van der Waals surface area contributed by atoms with Crippen molar-refractivity contribution < 1.29 is 19.5 Å². The Morgan fingerprint density at radius 3 is 2.84 bits per heavy atom. The molecule has 0 radical (unpaired) electrons. The Hall–Kier alpha value is -1.14. The van der Waals surface area contributed by atoms with Gasteiger partial charge >= 0.3 is 0 Å². The quantitative estimate of drug-likeness (QED) is 0.783. The van der Waals surface area contributed by atoms with Crippen LogP contribution >= 0.6 is 0 Å². The SMILES string of the molecule is O=C1C(O)CCCCN1CC(=O)N1CCCCCO1. The Bertz CT molecular complexity index is 327. The lowest BCUT2D eigenvalue weighted by atomic mass is 10.2. The first-order chi connectivity index (χ1) is 9.18. The minimum absolute atomic E-state index is 0.00981. The summed E-state index contributed by atoms with van der Waals surface area (Å²) in [7, 11) is 0. The maximum absolute atomic E-state index is 12.1. The van der Waals surface area contributed by atoms with Crippen LogP contribution in [0.3, 0.4) is 0 Å². The van der Waals surface area contributed by atoms with E-state index in [1.165, 1.54) is 9.96 Å². The van der Waals surface area contributed by atoms with Crippen LogP contribution in [0.1, 0.15) is 38.5 Å². The third-order valence-electron chi connectivity index (χ3n) is 3.61. The Kier molecular flexibility index (Phi) is 5.15. The van der Waals surface area contributed by atoms with Gasteiger partial charge in [-0.2, -0.15) is 0 Å². The van der Waals surface area contributed by atoms with E-state index >= 15 is 0 Å². The summed E-state index contributed by atoms with van der Waals surface area (Å²) in [6, 6.07) is 0. The molecule has 2 aliphatic rings. The zero-order valence-corrected chi connectivity index (χ0v) is 11.2. The van der Waals surface area contributed by atoms with Gasteiger partial charge in [-0.15, -0.1) is 0 Å². The van der Waals surface area contributed by atoms with Crippen molar-refractivity contribution in [2.45, 2.75) is 44.6 Å². The summed E-state index contributed by atoms with van der Waals surface area (Å²) in [5, 5.41) is 11.0. The van der Waals surface area contributed by atoms with Crippen molar-refractivity contribution in [3.63, 3.8) is 0 Å². The summed E-state index contributed by atoms with van der Waals surface area (Å²) in [5.41, 5.74) is 0. The molecule has 6 nitrogen and oxygen atoms in total. The van der Waals surface area contributed by atoms with Gasteiger partial charge in [0.25, 0.3) is 11.8 Å². The van der Waals surface area contributed by atoms with Crippen LogP contribution in [0.2, 0.25) is 0 Å². The van der Waals surface area contributed by atoms with E-state index in [1.807, 2.05) is 0 Å². The van der Waals surface area contributed by atoms with Crippen LogP contribution in [0.5, 0.6) is 0 Å². The second kappa shape index (κ2) is 6.86. The van der Waals surface area contributed by atoms with Gasteiger partial charge in [0.1, 0.15) is 12.6 Å². The molecule has 2 aliphatic heterocycles. The van der Waals surface area contributed by atoms with Crippen LogP contribution in [0.25, 0.3) is 0 Å². The molecule has 0 aromatic rings. The van der Waals surface area contributed by atoms with E-state index in [0.717, 1.165) is 32.1 Å². The van der Waals surface area contributed by atoms with Crippen molar-refractivity contribution in [3.8, 4) is 0 Å². The Morgan fingerprint density at radius 1 is 1.21 bits per heavy atom. The number of amides is 2. The minimum Gasteiger partial charge on any atom is -0.383 e. The van der Waals surface area contributed by atoms with Crippen LogP contribution in [0.4, 0.5) is 0 Å². The molecule has 0 aromatic heterocycles. The van der Waals surface area contributed by atoms with Crippen molar-refractivity contribution in [3.05, 3.63) is 0 Å². The fourth-order valence-corrected chi connectivity index (χ4v) is 2.45. The smallest absolute Gasteiger partial charge is 0.265 e. The molecule has 1 atom stereocenters. The number of aliphatic hydroxyl groups excluding tert-OH is 1. The molecule has 108 valence electrons. The van der Waals surface area contributed by atoms with E-state index in [-0.39, 0.29) is 18.4 Å². The normalized spacial score (nSPS) is 25.9. The van der Waals surface area contributed by atoms with Crippen molar-refractivity contribution in [2.75, 3.05) is 26.2 Å². The molecule has 0 spiro atoms. The van der Waals surface area contributed by atoms with Crippen molar-refractivity contribution in [2.24, 2.45) is 0 Å². The number of hydrogen-bond acceptors (Lipinski definition) is 4. The molecule has 2 saturated heterocycles. The van der Waals surface area contributed by atoms with Gasteiger partial charge in [0.15, 0.2) is 0 Å². The molecule has 1 unspecified atom stereocenters. The average molecular weight is 270 g/mol. The summed E-state index contributed by atoms with van der Waals surface area (Å²) >= 11 is 0. The highest BCUT2D eigenvalue weighted by molar-refractivity contribution is 5.86. The first kappa shape index (κ1) is 14.3. The Labute approximate surface area is 113 Å². The van der Waals surface area contributed by atoms with Crippen LogP contribution in [0, 0.1) is 0 Å². The molecule has 2 heterocycles. The molecule has 2 amide bonds. The van der Waals surface area contributed by atoms with Gasteiger partial charge in [-0.1, -0.05) is 0 Å². The molecule has 0 aromatic carbocycles. The highest BCUT2D eigenvalue weighted by Crippen LogP contribution is 2.13. The number of hydroxylamine groups is 2. The number of rotatable bonds is 2. The van der Waals surface area contributed by atoms with Gasteiger partial charge < -0.3 is 10.0 Å². The molecule has 2 fully saturated rings. The second-order valence-electron chi connectivity index (χ2n) is 5.16. The molecule has 0 bridgehead atoms. The molecule has 19 heavy (non-hydrogen) atoms. The maximum Gasteiger partial charge on any atom is 0.265 e. The molecule has 1 N–H and O–H groups in total. The van der Waals surface area contributed by atoms with Gasteiger partial charge in [-0.25, -0.2) is 5.06 Å². The summed E-state index contributed by atoms with van der Waals surface area (Å²) in [6.07, 6.45) is 4.14. The van der Waals surface area contributed by atoms with E-state index in [2.05, 4.69) is 0 Å². The highest BCUT2D eigenvalue weighted by Gasteiger charge is 2.28. The fourth-order valence-electron chi connectivity index (χ4n) is 2.45. The minimum atomic E-state index is -0.958. The number of hydrogen-bond donors (Lipinski definition) is 1. The Balaban J connectivity index is 1.90. The largest absolute Gasteiger partial charge is 0.383 e. The lowest BCUT2D eigenvalue weighted by Crippen LogP contribution is -2.45. The standard InChI is InChI=1S/C13H22N2O4/c16-11-6-2-4-7-14(13(11)18)10-12(17)15-8-3-1-5-9-19-15/h11,16H,1-10H2. The van der Waals surface area contributed by atoms with Crippen LogP contribution < -0.4 is 0 Å². The molecule has 2 rings (SSSR count). The number of nitrogens with zero attached hydrogens (tertiary/aromatic N) is 2. The Morgan fingerprint density at radius 2 is 2.00 bits per heavy atom. The van der Waals surface area contributed by atoms with Crippen LogP contribution in [-0.2, 0) is 14.4 Å². The lowest BCUT2D eigenvalue weighted by molar-refractivity contribution is -0.185. The maximum atomic E-state index is 12.1. The van der Waals surface area contributed by atoms with E-state index in [9.17, 15) is 14.7 Å². The van der Waals surface area contributed by atoms with E-state index in [4.69, 9.17) is 4.84 Å². The van der Waals surface area contributed by atoms with Gasteiger partial charge in [0.2, 0.25) is 0 Å². The number of likely N-dealkylation sites (tertiary alicyclic amines) is 1. The topological polar surface area (TPSA) is 70.1 Å².